The average Bonchev–Trinajstić information content (AvgIpc) is 3.18. The van der Waals surface area contributed by atoms with E-state index >= 15 is 0 Å². The van der Waals surface area contributed by atoms with E-state index in [1.54, 1.807) is 48.5 Å². The molecule has 60 heavy (non-hydrogen) atoms. The highest BCUT2D eigenvalue weighted by molar-refractivity contribution is 5.83. The number of aliphatic hydroxyl groups is 4. The lowest BCUT2D eigenvalue weighted by molar-refractivity contribution is -0.319. The Morgan fingerprint density at radius 3 is 2.07 bits per heavy atom. The molecule has 0 aromatic heterocycles. The smallest absolute Gasteiger partial charge is 0.311 e. The molecule has 348 valence electrons. The first kappa shape index (κ1) is 52.0. The monoisotopic (exact) mass is 862 g/mol. The molecule has 2 unspecified atom stereocenters. The maximum absolute atomic E-state index is 14.3. The van der Waals surface area contributed by atoms with Crippen LogP contribution < -0.4 is 0 Å². The highest BCUT2D eigenvalue weighted by Gasteiger charge is 2.54. The fourth-order valence-corrected chi connectivity index (χ4v) is 9.08. The fraction of sp³-hybridized carbons (Fsp3) is 0.907. The van der Waals surface area contributed by atoms with Crippen LogP contribution >= 0.6 is 0 Å². The summed E-state index contributed by atoms with van der Waals surface area (Å²) >= 11 is 0. The van der Waals surface area contributed by atoms with Crippen molar-refractivity contribution in [1.29, 1.82) is 0 Å². The highest BCUT2D eigenvalue weighted by atomic mass is 16.7. The van der Waals surface area contributed by atoms with Gasteiger partial charge in [0, 0.05) is 37.7 Å². The summed E-state index contributed by atoms with van der Waals surface area (Å²) in [5.41, 5.74) is -5.05. The zero-order chi connectivity index (χ0) is 45.7. The van der Waals surface area contributed by atoms with Gasteiger partial charge in [0.2, 0.25) is 0 Å². The van der Waals surface area contributed by atoms with Crippen LogP contribution in [-0.4, -0.2) is 161 Å². The summed E-state index contributed by atoms with van der Waals surface area (Å²) in [5.74, 6) is -6.51. The van der Waals surface area contributed by atoms with E-state index in [4.69, 9.17) is 37.9 Å². The van der Waals surface area contributed by atoms with Crippen LogP contribution in [0.4, 0.5) is 0 Å². The predicted octanol–water partition coefficient (Wildman–Crippen LogP) is 2.68. The van der Waals surface area contributed by atoms with Gasteiger partial charge in [0.1, 0.15) is 30.2 Å². The molecule has 3 rings (SSSR count). The molecule has 18 atom stereocenters. The van der Waals surface area contributed by atoms with Crippen molar-refractivity contribution in [3.63, 3.8) is 0 Å². The lowest BCUT2D eigenvalue weighted by atomic mass is 9.74. The number of rotatable bonds is 12. The summed E-state index contributed by atoms with van der Waals surface area (Å²) in [4.78, 5) is 55.3. The molecule has 17 nitrogen and oxygen atoms in total. The SMILES string of the molecule is CCC(=O)OCCC(=O)O[C@H]1C(O[C@@H]2[C@H](C)[C@H](OC3C[C@](C)(OC)[C@H](O)[C@@H](C)O3)[C@@H](C)C(=O)O[C@H](CC)[C@@](C)(O)[C@@H](O)[C@@H](C)C(=O)[C@H](C)C[C@@]2(C)O)O[C@H](C)C[C@@H]1N(C)C. The highest BCUT2D eigenvalue weighted by Crippen LogP contribution is 2.41. The Morgan fingerprint density at radius 2 is 1.50 bits per heavy atom. The minimum Gasteiger partial charge on any atom is -0.465 e. The second kappa shape index (κ2) is 21.4. The van der Waals surface area contributed by atoms with Crippen LogP contribution in [0.1, 0.15) is 115 Å². The minimum atomic E-state index is -2.04. The molecule has 0 aromatic rings. The Balaban J connectivity index is 2.21. The van der Waals surface area contributed by atoms with E-state index in [9.17, 15) is 39.6 Å². The zero-order valence-corrected chi connectivity index (χ0v) is 38.2. The van der Waals surface area contributed by atoms with Crippen LogP contribution in [0, 0.1) is 23.7 Å². The van der Waals surface area contributed by atoms with Crippen molar-refractivity contribution in [2.75, 3.05) is 27.8 Å². The molecule has 3 fully saturated rings. The first-order chi connectivity index (χ1) is 27.8. The molecule has 0 radical (unpaired) electrons. The third-order valence-corrected chi connectivity index (χ3v) is 12.9. The first-order valence-electron chi connectivity index (χ1n) is 21.5. The number of methoxy groups -OCH3 is 1. The van der Waals surface area contributed by atoms with Crippen molar-refractivity contribution in [1.82, 2.24) is 4.90 Å². The number of hydrogen-bond acceptors (Lipinski definition) is 17. The summed E-state index contributed by atoms with van der Waals surface area (Å²) < 4.78 is 48.9. The van der Waals surface area contributed by atoms with Crippen LogP contribution in [0.5, 0.6) is 0 Å². The molecule has 0 amide bonds. The van der Waals surface area contributed by atoms with E-state index in [1.807, 2.05) is 25.9 Å². The summed E-state index contributed by atoms with van der Waals surface area (Å²) in [7, 11) is 5.10. The first-order valence-corrected chi connectivity index (χ1v) is 21.5. The largest absolute Gasteiger partial charge is 0.465 e. The normalized spacial score (nSPS) is 43.8. The van der Waals surface area contributed by atoms with E-state index < -0.39 is 132 Å². The number of Topliss-reactive ketones (excluding diaryl/α,β-unsaturated/α-hetero) is 1. The van der Waals surface area contributed by atoms with Gasteiger partial charge in [-0.15, -0.1) is 0 Å². The summed E-state index contributed by atoms with van der Waals surface area (Å²) in [6.07, 6.45) is -10.7. The molecule has 3 heterocycles. The lowest BCUT2D eigenvalue weighted by Gasteiger charge is -2.49. The number of ether oxygens (including phenoxy) is 8. The number of carbonyl (C=O) groups is 4. The number of ketones is 1. The van der Waals surface area contributed by atoms with Gasteiger partial charge in [0.15, 0.2) is 18.7 Å². The van der Waals surface area contributed by atoms with Crippen LogP contribution in [0.3, 0.4) is 0 Å². The lowest BCUT2D eigenvalue weighted by Crippen LogP contribution is -2.61. The van der Waals surface area contributed by atoms with E-state index in [0.717, 1.165) is 0 Å². The van der Waals surface area contributed by atoms with Gasteiger partial charge < -0.3 is 63.2 Å². The van der Waals surface area contributed by atoms with Gasteiger partial charge >= 0.3 is 17.9 Å². The third-order valence-electron chi connectivity index (χ3n) is 12.9. The maximum atomic E-state index is 14.3. The van der Waals surface area contributed by atoms with E-state index in [0.29, 0.717) is 6.42 Å². The number of cyclic esters (lactones) is 1. The van der Waals surface area contributed by atoms with Gasteiger partial charge in [0.05, 0.1) is 60.1 Å². The number of nitrogens with zero attached hydrogens (tertiary/aromatic N) is 1. The second-order valence-corrected chi connectivity index (χ2v) is 18.3. The fourth-order valence-electron chi connectivity index (χ4n) is 9.08. The summed E-state index contributed by atoms with van der Waals surface area (Å²) in [6.45, 7) is 17.5. The predicted molar refractivity (Wildman–Crippen MR) is 216 cm³/mol. The summed E-state index contributed by atoms with van der Waals surface area (Å²) in [5, 5.41) is 46.8. The topological polar surface area (TPSA) is 226 Å². The van der Waals surface area contributed by atoms with E-state index in [-0.39, 0.29) is 38.7 Å². The van der Waals surface area contributed by atoms with E-state index in [2.05, 4.69) is 0 Å². The molecule has 3 saturated heterocycles. The number of aliphatic hydroxyl groups excluding tert-OH is 2. The number of likely N-dealkylation sites (N-methyl/N-ethyl adjacent to an activating group) is 1. The molecule has 17 heteroatoms. The quantitative estimate of drug-likeness (QED) is 0.163. The van der Waals surface area contributed by atoms with Crippen molar-refractivity contribution in [2.24, 2.45) is 23.7 Å². The number of esters is 3. The van der Waals surface area contributed by atoms with Crippen molar-refractivity contribution >= 4 is 23.7 Å². The number of carbonyl (C=O) groups excluding carboxylic acids is 4. The molecule has 4 N–H and O–H groups in total. The molecular weight excluding hydrogens is 786 g/mol. The minimum absolute atomic E-state index is 0.0448. The van der Waals surface area contributed by atoms with Crippen molar-refractivity contribution in [3.05, 3.63) is 0 Å². The van der Waals surface area contributed by atoms with Gasteiger partial charge in [-0.1, -0.05) is 34.6 Å². The third kappa shape index (κ3) is 12.2. The molecule has 0 spiro atoms. The Morgan fingerprint density at radius 1 is 0.867 bits per heavy atom. The van der Waals surface area contributed by atoms with Crippen LogP contribution in [-0.2, 0) is 57.1 Å². The Bertz CT molecular complexity index is 1440. The second-order valence-electron chi connectivity index (χ2n) is 18.3. The Kier molecular flexibility index (Phi) is 18.5. The maximum Gasteiger partial charge on any atom is 0.311 e. The van der Waals surface area contributed by atoms with Gasteiger partial charge in [-0.05, 0) is 74.9 Å². The molecule has 3 aliphatic rings. The summed E-state index contributed by atoms with van der Waals surface area (Å²) in [6, 6.07) is -0.433. The molecule has 3 aliphatic heterocycles. The molecule has 0 saturated carbocycles. The average molecular weight is 862 g/mol. The van der Waals surface area contributed by atoms with Crippen LogP contribution in [0.15, 0.2) is 0 Å². The van der Waals surface area contributed by atoms with Crippen LogP contribution in [0.2, 0.25) is 0 Å². The van der Waals surface area contributed by atoms with Gasteiger partial charge in [-0.25, -0.2) is 0 Å². The van der Waals surface area contributed by atoms with E-state index in [1.165, 1.54) is 27.9 Å². The van der Waals surface area contributed by atoms with Crippen molar-refractivity contribution in [3.8, 4) is 0 Å². The Labute approximate surface area is 356 Å². The van der Waals surface area contributed by atoms with Crippen LogP contribution in [0.25, 0.3) is 0 Å². The standard InChI is InChI=1S/C43H75NO16/c1-15-29-43(11,52)36(48)24(5)33(47)22(3)20-41(9,51)38(25(6)34(26(7)39(50)57-29)59-32-21-42(10,53-14)37(49)27(8)56-32)60-40-35(28(44(12)13)19-23(4)55-40)58-31(46)17-18-54-30(45)16-2/h22-29,32,34-38,40,48-49,51-52H,15-21H2,1-14H3/t22-,23-,24+,25-,26-,27-,28+,29-,32?,34+,35-,36+,37-,38-,40?,41-,42+,43-/m1/s1. The van der Waals surface area contributed by atoms with Gasteiger partial charge in [-0.2, -0.15) is 0 Å². The Hall–Kier alpha value is -2.32. The van der Waals surface area contributed by atoms with Gasteiger partial charge in [-0.3, -0.25) is 19.2 Å². The molecular formula is C43H75NO16. The zero-order valence-electron chi connectivity index (χ0n) is 38.2. The molecule has 0 bridgehead atoms. The van der Waals surface area contributed by atoms with Gasteiger partial charge in [0.25, 0.3) is 0 Å². The molecule has 0 aliphatic carbocycles. The van der Waals surface area contributed by atoms with Crippen molar-refractivity contribution < 1.29 is 77.5 Å². The number of hydrogen-bond donors (Lipinski definition) is 4. The van der Waals surface area contributed by atoms with Crippen molar-refractivity contribution in [2.45, 2.75) is 199 Å². The molecule has 0 aromatic carbocycles.